The summed E-state index contributed by atoms with van der Waals surface area (Å²) >= 11 is 0. The first-order valence-corrected chi connectivity index (χ1v) is 14.8. The van der Waals surface area contributed by atoms with Gasteiger partial charge in [-0.15, -0.1) is 0 Å². The lowest BCUT2D eigenvalue weighted by Gasteiger charge is -2.22. The Morgan fingerprint density at radius 2 is 1.59 bits per heavy atom. The topological polar surface area (TPSA) is 103 Å². The molecule has 8 nitrogen and oxygen atoms in total. The summed E-state index contributed by atoms with van der Waals surface area (Å²) in [6.45, 7) is 12.3. The Morgan fingerprint density at radius 3 is 2.18 bits per heavy atom. The third kappa shape index (κ3) is 7.04. The van der Waals surface area contributed by atoms with Gasteiger partial charge in [-0.3, -0.25) is 0 Å². The molecule has 2 aliphatic rings. The second kappa shape index (κ2) is 12.9. The Kier molecular flexibility index (Phi) is 9.88. The van der Waals surface area contributed by atoms with E-state index in [-0.39, 0.29) is 5.97 Å². The number of fused-ring (bicyclic) bond motifs is 2. The van der Waals surface area contributed by atoms with E-state index in [1.807, 2.05) is 24.3 Å². The highest BCUT2D eigenvalue weighted by molar-refractivity contribution is 7.84. The van der Waals surface area contributed by atoms with Crippen LogP contribution in [0.4, 0.5) is 5.69 Å². The lowest BCUT2D eigenvalue weighted by atomic mass is 9.90. The minimum atomic E-state index is -3.92. The summed E-state index contributed by atoms with van der Waals surface area (Å²) in [6, 6.07) is 20.3. The fraction of sp³-hybridized carbons (Fsp3) is 0.333. The number of carbonyl (C=O) groups excluding carboxylic acids is 1. The Balaban J connectivity index is 0.000000771. The van der Waals surface area contributed by atoms with Gasteiger partial charge in [-0.2, -0.15) is 0 Å². The minimum absolute atomic E-state index is 0.350. The molecular weight excluding hydrogens is 516 g/mol. The van der Waals surface area contributed by atoms with Gasteiger partial charge in [-0.1, -0.05) is 18.2 Å². The number of ether oxygens (including phenoxy) is 1. The van der Waals surface area contributed by atoms with Gasteiger partial charge in [-0.25, -0.2) is 17.8 Å². The van der Waals surface area contributed by atoms with Crippen molar-refractivity contribution in [3.8, 4) is 22.5 Å². The van der Waals surface area contributed by atoms with Crippen LogP contribution in [0.2, 0.25) is 0 Å². The number of rotatable bonds is 7. The maximum absolute atomic E-state index is 12.7. The van der Waals surface area contributed by atoms with Gasteiger partial charge in [0.05, 0.1) is 28.9 Å². The lowest BCUT2D eigenvalue weighted by Crippen LogP contribution is -2.29. The molecule has 1 aliphatic carbocycles. The van der Waals surface area contributed by atoms with E-state index >= 15 is 0 Å². The predicted molar refractivity (Wildman–Crippen MR) is 155 cm³/mol. The predicted octanol–water partition coefficient (Wildman–Crippen LogP) is 4.81. The molecule has 0 N–H and O–H groups in total. The van der Waals surface area contributed by atoms with Crippen molar-refractivity contribution in [3.63, 3.8) is 0 Å². The van der Waals surface area contributed by atoms with E-state index in [0.29, 0.717) is 11.8 Å². The van der Waals surface area contributed by atoms with Crippen molar-refractivity contribution in [2.45, 2.75) is 27.7 Å². The van der Waals surface area contributed by atoms with Crippen LogP contribution in [0.5, 0.6) is 0 Å². The number of hydrogen-bond acceptors (Lipinski definition) is 7. The minimum Gasteiger partial charge on any atom is -0.748 e. The van der Waals surface area contributed by atoms with E-state index in [9.17, 15) is 4.79 Å². The number of hydrogen-bond donors (Lipinski definition) is 0. The van der Waals surface area contributed by atoms with Gasteiger partial charge >= 0.3 is 5.97 Å². The van der Waals surface area contributed by atoms with Crippen molar-refractivity contribution in [1.29, 1.82) is 0 Å². The van der Waals surface area contributed by atoms with Crippen LogP contribution in [0.1, 0.15) is 38.1 Å². The zero-order chi connectivity index (χ0) is 28.7. The number of nitrogens with zero attached hydrogens (tertiary/aromatic N) is 2. The molecule has 0 aromatic heterocycles. The molecule has 9 heteroatoms. The monoisotopic (exact) mass is 552 g/mol. The molecule has 1 aliphatic heterocycles. The molecule has 208 valence electrons. The van der Waals surface area contributed by atoms with Crippen LogP contribution in [0, 0.1) is 0 Å². The molecule has 0 spiro atoms. The molecular formula is C30H36N2O6S. The standard InChI is InChI=1S/C29H33N2O3.CH4O3S/c1-6-30(7-2)20-14-16-24-26(18-20)34-27-19-21(31(8-3)9-4)15-17-25(27)28(24)22-12-10-11-13-23(22)29(32)33-5;1-5(2,3)4/h10-19H,6-9H2,1-5H3;1H3,(H,2,3,4)/q+1;/p-1. The van der Waals surface area contributed by atoms with Crippen LogP contribution in [0.3, 0.4) is 0 Å². The van der Waals surface area contributed by atoms with Crippen LogP contribution in [0.25, 0.3) is 33.4 Å². The van der Waals surface area contributed by atoms with Gasteiger partial charge in [0.1, 0.15) is 24.4 Å². The highest BCUT2D eigenvalue weighted by Gasteiger charge is 2.23. The van der Waals surface area contributed by atoms with Crippen LogP contribution in [-0.2, 0) is 14.9 Å². The van der Waals surface area contributed by atoms with E-state index in [1.165, 1.54) is 7.11 Å². The first kappa shape index (κ1) is 29.9. The largest absolute Gasteiger partial charge is 0.748 e. The number of anilines is 1. The van der Waals surface area contributed by atoms with Gasteiger partial charge in [-0.05, 0) is 57.5 Å². The van der Waals surface area contributed by atoms with Crippen molar-refractivity contribution < 1.29 is 26.9 Å². The SMILES string of the molecule is CCN(CC)c1ccc2c(-c3ccccc3C(=O)OC)c3ccc(=[N+](CC)CC)cc-3oc2c1.CS(=O)(=O)[O-]. The van der Waals surface area contributed by atoms with Crippen LogP contribution in [0.15, 0.2) is 65.1 Å². The number of esters is 1. The molecule has 2 aromatic carbocycles. The van der Waals surface area contributed by atoms with Crippen molar-refractivity contribution >= 4 is 32.7 Å². The van der Waals surface area contributed by atoms with Crippen LogP contribution in [-0.4, -0.2) is 58.5 Å². The molecule has 0 bridgehead atoms. The summed E-state index contributed by atoms with van der Waals surface area (Å²) in [6.07, 6.45) is 0.604. The quantitative estimate of drug-likeness (QED) is 0.140. The molecule has 0 saturated heterocycles. The number of benzene rings is 3. The molecule has 0 saturated carbocycles. The third-order valence-corrected chi connectivity index (χ3v) is 6.55. The van der Waals surface area contributed by atoms with Gasteiger partial charge < -0.3 is 18.6 Å². The van der Waals surface area contributed by atoms with E-state index in [0.717, 1.165) is 70.6 Å². The van der Waals surface area contributed by atoms with E-state index in [2.05, 4.69) is 73.6 Å². The van der Waals surface area contributed by atoms with Crippen molar-refractivity contribution in [1.82, 2.24) is 4.58 Å². The molecule has 0 atom stereocenters. The number of carbonyl (C=O) groups is 1. The summed E-state index contributed by atoms with van der Waals surface area (Å²) in [5.74, 6) is 0.445. The summed E-state index contributed by atoms with van der Waals surface area (Å²) < 4.78 is 41.2. The highest BCUT2D eigenvalue weighted by Crippen LogP contribution is 2.42. The summed E-state index contributed by atoms with van der Waals surface area (Å²) in [5.41, 5.74) is 5.24. The average Bonchev–Trinajstić information content (AvgIpc) is 2.91. The van der Waals surface area contributed by atoms with Gasteiger partial charge in [0.2, 0.25) is 5.36 Å². The fourth-order valence-electron chi connectivity index (χ4n) is 4.72. The first-order valence-electron chi connectivity index (χ1n) is 13.0. The average molecular weight is 553 g/mol. The van der Waals surface area contributed by atoms with Gasteiger partial charge in [0.25, 0.3) is 0 Å². The van der Waals surface area contributed by atoms with E-state index in [1.54, 1.807) is 0 Å². The maximum Gasteiger partial charge on any atom is 0.338 e. The third-order valence-electron chi connectivity index (χ3n) is 6.55. The molecule has 1 heterocycles. The Labute approximate surface area is 230 Å². The highest BCUT2D eigenvalue weighted by atomic mass is 32.2. The first-order chi connectivity index (χ1) is 18.6. The van der Waals surface area contributed by atoms with Crippen LogP contribution >= 0.6 is 0 Å². The maximum atomic E-state index is 12.7. The smallest absolute Gasteiger partial charge is 0.338 e. The second-order valence-corrected chi connectivity index (χ2v) is 10.3. The summed E-state index contributed by atoms with van der Waals surface area (Å²) in [5, 5.41) is 2.09. The fourth-order valence-corrected chi connectivity index (χ4v) is 4.72. The van der Waals surface area contributed by atoms with Crippen molar-refractivity contribution in [3.05, 3.63) is 71.6 Å². The Bertz CT molecular complexity index is 1590. The summed E-state index contributed by atoms with van der Waals surface area (Å²) in [4.78, 5) is 15.0. The lowest BCUT2D eigenvalue weighted by molar-refractivity contribution is 0.0601. The second-order valence-electron chi connectivity index (χ2n) is 8.92. The zero-order valence-corrected chi connectivity index (χ0v) is 24.2. The molecule has 0 fully saturated rings. The molecule has 39 heavy (non-hydrogen) atoms. The number of methoxy groups -OCH3 is 1. The van der Waals surface area contributed by atoms with Crippen molar-refractivity contribution in [2.75, 3.05) is 44.4 Å². The van der Waals surface area contributed by atoms with E-state index in [4.69, 9.17) is 22.1 Å². The Hall–Kier alpha value is -3.69. The molecule has 0 radical (unpaired) electrons. The molecule has 0 unspecified atom stereocenters. The molecule has 4 rings (SSSR count). The van der Waals surface area contributed by atoms with Gasteiger partial charge in [0, 0.05) is 53.7 Å². The van der Waals surface area contributed by atoms with Crippen LogP contribution < -0.4 is 14.8 Å². The van der Waals surface area contributed by atoms with Gasteiger partial charge in [0.15, 0.2) is 0 Å². The normalized spacial score (nSPS) is 11.2. The van der Waals surface area contributed by atoms with E-state index < -0.39 is 10.1 Å². The van der Waals surface area contributed by atoms with Crippen molar-refractivity contribution in [2.24, 2.45) is 0 Å². The Morgan fingerprint density at radius 1 is 0.949 bits per heavy atom. The molecule has 2 aromatic rings. The molecule has 0 amide bonds. The summed E-state index contributed by atoms with van der Waals surface area (Å²) in [7, 11) is -2.50. The zero-order valence-electron chi connectivity index (χ0n) is 23.4.